The van der Waals surface area contributed by atoms with Crippen LogP contribution in [0.4, 0.5) is 17.1 Å². The van der Waals surface area contributed by atoms with Crippen molar-refractivity contribution in [3.63, 3.8) is 0 Å². The third-order valence-corrected chi connectivity index (χ3v) is 14.0. The van der Waals surface area contributed by atoms with E-state index in [1.807, 2.05) is 6.07 Å². The molecule has 13 rings (SSSR count). The minimum atomic E-state index is 0.363. The lowest BCUT2D eigenvalue weighted by Crippen LogP contribution is -2.48. The zero-order valence-corrected chi connectivity index (χ0v) is 32.7. The molecule has 2 nitrogen and oxygen atoms in total. The van der Waals surface area contributed by atoms with Crippen molar-refractivity contribution in [2.75, 3.05) is 4.90 Å². The van der Waals surface area contributed by atoms with Gasteiger partial charge in [0.1, 0.15) is 11.2 Å². The summed E-state index contributed by atoms with van der Waals surface area (Å²) in [5.74, 6) is 2.76. The predicted octanol–water partition coefficient (Wildman–Crippen LogP) is 15.7. The van der Waals surface area contributed by atoms with Crippen molar-refractivity contribution in [3.05, 3.63) is 188 Å². The second kappa shape index (κ2) is 13.4. The number of para-hydroxylation sites is 2. The Bertz CT molecular complexity index is 2930. The molecule has 4 aliphatic rings. The number of furan rings is 1. The largest absolute Gasteiger partial charge is 0.455 e. The van der Waals surface area contributed by atoms with Crippen LogP contribution < -0.4 is 4.90 Å². The molecule has 4 aliphatic carbocycles. The van der Waals surface area contributed by atoms with Gasteiger partial charge in [-0.2, -0.15) is 0 Å². The van der Waals surface area contributed by atoms with Gasteiger partial charge in [-0.25, -0.2) is 0 Å². The second-order valence-corrected chi connectivity index (χ2v) is 17.5. The summed E-state index contributed by atoms with van der Waals surface area (Å²) in [6.45, 7) is 0. The number of rotatable bonds is 7. The van der Waals surface area contributed by atoms with Gasteiger partial charge in [-0.1, -0.05) is 140 Å². The van der Waals surface area contributed by atoms with Crippen LogP contribution >= 0.6 is 0 Å². The summed E-state index contributed by atoms with van der Waals surface area (Å²) in [5.41, 5.74) is 14.4. The molecule has 0 N–H and O–H groups in total. The van der Waals surface area contributed by atoms with E-state index in [0.717, 1.165) is 62.2 Å². The summed E-state index contributed by atoms with van der Waals surface area (Å²) in [5, 5.41) is 4.84. The second-order valence-electron chi connectivity index (χ2n) is 17.5. The van der Waals surface area contributed by atoms with Gasteiger partial charge in [0.25, 0.3) is 0 Å². The van der Waals surface area contributed by atoms with Gasteiger partial charge in [0, 0.05) is 33.4 Å². The van der Waals surface area contributed by atoms with Crippen LogP contribution in [0.3, 0.4) is 0 Å². The van der Waals surface area contributed by atoms with E-state index in [1.165, 1.54) is 77.2 Å². The summed E-state index contributed by atoms with van der Waals surface area (Å²) in [6, 6.07) is 66.9. The Balaban J connectivity index is 0.972. The first kappa shape index (κ1) is 33.7. The van der Waals surface area contributed by atoms with Crippen molar-refractivity contribution in [1.82, 2.24) is 0 Å². The molecule has 0 radical (unpaired) electrons. The average Bonchev–Trinajstić information content (AvgIpc) is 3.66. The average molecular weight is 748 g/mol. The fourth-order valence-corrected chi connectivity index (χ4v) is 11.9. The van der Waals surface area contributed by atoms with Gasteiger partial charge in [0.05, 0.1) is 0 Å². The molecule has 2 heteroatoms. The number of benzene rings is 8. The van der Waals surface area contributed by atoms with E-state index < -0.39 is 0 Å². The topological polar surface area (TPSA) is 16.4 Å². The molecule has 4 saturated carbocycles. The molecule has 0 amide bonds. The van der Waals surface area contributed by atoms with Crippen molar-refractivity contribution in [2.24, 2.45) is 17.8 Å². The highest BCUT2D eigenvalue weighted by Gasteiger charge is 2.51. The first-order valence-corrected chi connectivity index (χ1v) is 21.2. The molecule has 1 aromatic heterocycles. The smallest absolute Gasteiger partial charge is 0.143 e. The third-order valence-electron chi connectivity index (χ3n) is 14.0. The van der Waals surface area contributed by atoms with Crippen molar-refractivity contribution in [3.8, 4) is 33.4 Å². The lowest BCUT2D eigenvalue weighted by atomic mass is 9.48. The molecule has 4 bridgehead atoms. The molecule has 4 fully saturated rings. The predicted molar refractivity (Wildman–Crippen MR) is 242 cm³/mol. The molecule has 0 spiro atoms. The van der Waals surface area contributed by atoms with Gasteiger partial charge in [-0.05, 0) is 148 Å². The van der Waals surface area contributed by atoms with E-state index in [-0.39, 0.29) is 0 Å². The number of fused-ring (bicyclic) bond motifs is 4. The van der Waals surface area contributed by atoms with E-state index in [1.54, 1.807) is 5.56 Å². The molecule has 0 unspecified atom stereocenters. The number of hydrogen-bond donors (Lipinski definition) is 0. The lowest BCUT2D eigenvalue weighted by molar-refractivity contribution is -0.00518. The molecule has 8 aromatic carbocycles. The van der Waals surface area contributed by atoms with E-state index in [4.69, 9.17) is 4.42 Å². The highest BCUT2D eigenvalue weighted by molar-refractivity contribution is 6.10. The number of anilines is 3. The van der Waals surface area contributed by atoms with Crippen LogP contribution in [0.15, 0.2) is 186 Å². The summed E-state index contributed by atoms with van der Waals surface area (Å²) in [6.07, 6.45) is 8.51. The van der Waals surface area contributed by atoms with E-state index in [9.17, 15) is 0 Å². The summed E-state index contributed by atoms with van der Waals surface area (Å²) >= 11 is 0. The van der Waals surface area contributed by atoms with Crippen LogP contribution in [0.1, 0.15) is 44.1 Å². The van der Waals surface area contributed by atoms with Crippen LogP contribution in [-0.4, -0.2) is 0 Å². The highest BCUT2D eigenvalue weighted by Crippen LogP contribution is 2.61. The number of nitrogens with zero attached hydrogens (tertiary/aromatic N) is 1. The Labute approximate surface area is 340 Å². The van der Waals surface area contributed by atoms with Crippen molar-refractivity contribution < 1.29 is 4.42 Å². The van der Waals surface area contributed by atoms with Crippen LogP contribution in [0.25, 0.3) is 66.1 Å². The van der Waals surface area contributed by atoms with Crippen molar-refractivity contribution in [1.29, 1.82) is 0 Å². The first-order valence-electron chi connectivity index (χ1n) is 21.2. The summed E-state index contributed by atoms with van der Waals surface area (Å²) in [4.78, 5) is 2.44. The van der Waals surface area contributed by atoms with E-state index in [0.29, 0.717) is 5.41 Å². The zero-order valence-electron chi connectivity index (χ0n) is 32.7. The van der Waals surface area contributed by atoms with Gasteiger partial charge < -0.3 is 9.32 Å². The summed E-state index contributed by atoms with van der Waals surface area (Å²) in [7, 11) is 0. The van der Waals surface area contributed by atoms with Gasteiger partial charge in [-0.3, -0.25) is 0 Å². The molecule has 0 atom stereocenters. The van der Waals surface area contributed by atoms with Crippen molar-refractivity contribution in [2.45, 2.75) is 43.9 Å². The fraction of sp³-hybridized carbons (Fsp3) is 0.179. The molecular formula is C56H45NO. The molecular weight excluding hydrogens is 703 g/mol. The standard InChI is InChI=1S/C56H45NO/c1-2-10-40(11-3-1)48-17-7-12-42-13-8-18-49(54(42)48)41-22-26-45(27-23-41)57(46-28-24-44(25-29-46)56-34-37-30-38(35-56)32-39(31-37)36-56)47-15-6-14-43(33-47)50-19-9-20-52-51-16-4-5-21-53(51)58-55(50)52/h1-29,33,37-39H,30-32,34-36H2. The van der Waals surface area contributed by atoms with E-state index in [2.05, 4.69) is 181 Å². The minimum Gasteiger partial charge on any atom is -0.455 e. The maximum atomic E-state index is 6.53. The molecule has 58 heavy (non-hydrogen) atoms. The quantitative estimate of drug-likeness (QED) is 0.161. The van der Waals surface area contributed by atoms with Crippen LogP contribution in [-0.2, 0) is 5.41 Å². The van der Waals surface area contributed by atoms with Gasteiger partial charge in [0.15, 0.2) is 0 Å². The van der Waals surface area contributed by atoms with Crippen LogP contribution in [0.2, 0.25) is 0 Å². The fourth-order valence-electron chi connectivity index (χ4n) is 11.9. The zero-order chi connectivity index (χ0) is 38.2. The molecule has 280 valence electrons. The lowest BCUT2D eigenvalue weighted by Gasteiger charge is -2.57. The Morgan fingerprint density at radius 2 is 0.983 bits per heavy atom. The van der Waals surface area contributed by atoms with Gasteiger partial charge in [0.2, 0.25) is 0 Å². The van der Waals surface area contributed by atoms with Gasteiger partial charge in [-0.15, -0.1) is 0 Å². The minimum absolute atomic E-state index is 0.363. The summed E-state index contributed by atoms with van der Waals surface area (Å²) < 4.78 is 6.53. The third kappa shape index (κ3) is 5.53. The number of hydrogen-bond acceptors (Lipinski definition) is 2. The normalized spacial score (nSPS) is 20.9. The maximum absolute atomic E-state index is 6.53. The molecule has 1 heterocycles. The molecule has 9 aromatic rings. The SMILES string of the molecule is c1ccc(-c2cccc3cccc(-c4ccc(N(c5ccc(C67CC8CC(CC(C8)C6)C7)cc5)c5cccc(-c6cccc7c6oc6ccccc67)c5)cc4)c23)cc1. The molecule has 0 aliphatic heterocycles. The van der Waals surface area contributed by atoms with Gasteiger partial charge >= 0.3 is 0 Å². The first-order chi connectivity index (χ1) is 28.7. The Kier molecular flexibility index (Phi) is 7.76. The highest BCUT2D eigenvalue weighted by atomic mass is 16.3. The maximum Gasteiger partial charge on any atom is 0.143 e. The van der Waals surface area contributed by atoms with E-state index >= 15 is 0 Å². The Hall–Kier alpha value is -6.38. The molecule has 0 saturated heterocycles. The Morgan fingerprint density at radius 3 is 1.69 bits per heavy atom. The monoisotopic (exact) mass is 747 g/mol. The van der Waals surface area contributed by atoms with Crippen LogP contribution in [0, 0.1) is 17.8 Å². The Morgan fingerprint density at radius 1 is 0.431 bits per heavy atom. The van der Waals surface area contributed by atoms with Crippen molar-refractivity contribution >= 4 is 49.8 Å². The van der Waals surface area contributed by atoms with Crippen LogP contribution in [0.5, 0.6) is 0 Å².